The van der Waals surface area contributed by atoms with Crippen molar-refractivity contribution in [3.05, 3.63) is 25.3 Å². The molecule has 0 aromatic rings. The number of aliphatic hydroxyl groups excluding tert-OH is 1. The Morgan fingerprint density at radius 2 is 1.85 bits per heavy atom. The van der Waals surface area contributed by atoms with Crippen molar-refractivity contribution in [3.63, 3.8) is 0 Å². The summed E-state index contributed by atoms with van der Waals surface area (Å²) in [7, 11) is 0. The fraction of sp³-hybridized carbons (Fsp3) is 0.788. The van der Waals surface area contributed by atoms with E-state index < -0.39 is 46.6 Å². The summed E-state index contributed by atoms with van der Waals surface area (Å²) in [6, 6.07) is -1.56. The smallest absolute Gasteiger partial charge is 0.312 e. The minimum absolute atomic E-state index is 0.0611. The number of aliphatic hydroxyl groups is 1. The van der Waals surface area contributed by atoms with E-state index in [4.69, 9.17) is 9.47 Å². The molecule has 1 spiro atoms. The molecule has 0 aliphatic carbocycles. The van der Waals surface area contributed by atoms with Gasteiger partial charge in [0.05, 0.1) is 30.8 Å². The molecule has 0 saturated carbocycles. The summed E-state index contributed by atoms with van der Waals surface area (Å²) in [5.41, 5.74) is -2.66. The van der Waals surface area contributed by atoms with E-state index in [-0.39, 0.29) is 36.4 Å². The maximum atomic E-state index is 15.0. The molecule has 8 heteroatoms. The number of fused-ring (bicyclic) bond motifs is 1. The molecule has 1 N–H and O–H groups in total. The Bertz CT molecular complexity index is 1020. The van der Waals surface area contributed by atoms with E-state index in [0.717, 1.165) is 6.42 Å². The SMILES string of the molecule is C=CCCOC(=O)[C@@H]1[C@H]2C(=O)N([C@@H](CO)[C@@H](C)CC)C(C(=O)N(CC=C)C(C)(C)CC(C)(C)C)C23CC[C@@]1(CC)O3. The van der Waals surface area contributed by atoms with Crippen LogP contribution in [-0.2, 0) is 23.9 Å². The van der Waals surface area contributed by atoms with E-state index in [2.05, 4.69) is 33.9 Å². The first-order valence-electron chi connectivity index (χ1n) is 15.4. The molecule has 3 rings (SSSR count). The molecular formula is C33H54N2O6. The van der Waals surface area contributed by atoms with Crippen LogP contribution in [0, 0.1) is 23.2 Å². The summed E-state index contributed by atoms with van der Waals surface area (Å²) in [6.45, 7) is 24.3. The average molecular weight is 575 g/mol. The molecule has 3 aliphatic heterocycles. The first-order chi connectivity index (χ1) is 19.1. The number of esters is 1. The number of likely N-dealkylation sites (tertiary alicyclic amines) is 1. The molecule has 8 nitrogen and oxygen atoms in total. The number of hydrogen-bond acceptors (Lipinski definition) is 6. The fourth-order valence-corrected chi connectivity index (χ4v) is 8.10. The second kappa shape index (κ2) is 12.2. The monoisotopic (exact) mass is 574 g/mol. The Morgan fingerprint density at radius 1 is 1.20 bits per heavy atom. The summed E-state index contributed by atoms with van der Waals surface area (Å²) < 4.78 is 12.6. The zero-order chi connectivity index (χ0) is 31.0. The molecule has 0 aromatic carbocycles. The normalized spacial score (nSPS) is 30.6. The quantitative estimate of drug-likeness (QED) is 0.180. The number of nitrogens with zero attached hydrogens (tertiary/aromatic N) is 2. The van der Waals surface area contributed by atoms with Gasteiger partial charge in [-0.1, -0.05) is 60.1 Å². The fourth-order valence-electron chi connectivity index (χ4n) is 8.10. The van der Waals surface area contributed by atoms with Crippen molar-refractivity contribution in [1.82, 2.24) is 9.80 Å². The van der Waals surface area contributed by atoms with E-state index in [9.17, 15) is 19.5 Å². The molecule has 3 heterocycles. The number of carbonyl (C=O) groups excluding carboxylic acids is 3. The summed E-state index contributed by atoms with van der Waals surface area (Å²) >= 11 is 0. The van der Waals surface area contributed by atoms with Crippen LogP contribution in [-0.4, -0.2) is 81.3 Å². The Balaban J connectivity index is 2.20. The molecule has 0 aromatic heterocycles. The first kappa shape index (κ1) is 33.3. The zero-order valence-electron chi connectivity index (χ0n) is 26.7. The lowest BCUT2D eigenvalue weighted by atomic mass is 9.65. The number of ether oxygens (including phenoxy) is 2. The van der Waals surface area contributed by atoms with Crippen LogP contribution in [0.5, 0.6) is 0 Å². The largest absolute Gasteiger partial charge is 0.465 e. The number of hydrogen-bond donors (Lipinski definition) is 1. The minimum atomic E-state index is -1.18. The van der Waals surface area contributed by atoms with Crippen molar-refractivity contribution in [2.24, 2.45) is 23.2 Å². The lowest BCUT2D eigenvalue weighted by Crippen LogP contribution is -2.63. The van der Waals surface area contributed by atoms with Crippen LogP contribution in [0.2, 0.25) is 0 Å². The predicted octanol–water partition coefficient (Wildman–Crippen LogP) is 4.90. The Kier molecular flexibility index (Phi) is 9.91. The van der Waals surface area contributed by atoms with Gasteiger partial charge in [-0.15, -0.1) is 13.2 Å². The van der Waals surface area contributed by atoms with Gasteiger partial charge in [-0.3, -0.25) is 14.4 Å². The van der Waals surface area contributed by atoms with Crippen molar-refractivity contribution in [3.8, 4) is 0 Å². The van der Waals surface area contributed by atoms with Crippen molar-refractivity contribution in [2.45, 2.75) is 123 Å². The summed E-state index contributed by atoms with van der Waals surface area (Å²) in [5.74, 6) is -2.71. The molecule has 232 valence electrons. The van der Waals surface area contributed by atoms with Crippen LogP contribution in [0.25, 0.3) is 0 Å². The van der Waals surface area contributed by atoms with E-state index in [1.54, 1.807) is 17.1 Å². The average Bonchev–Trinajstić information content (AvgIpc) is 3.49. The van der Waals surface area contributed by atoms with Crippen LogP contribution in [0.3, 0.4) is 0 Å². The highest BCUT2D eigenvalue weighted by atomic mass is 16.6. The zero-order valence-corrected chi connectivity index (χ0v) is 26.7. The lowest BCUT2D eigenvalue weighted by Gasteiger charge is -2.47. The van der Waals surface area contributed by atoms with Crippen molar-refractivity contribution in [1.29, 1.82) is 0 Å². The van der Waals surface area contributed by atoms with Crippen LogP contribution in [0.15, 0.2) is 25.3 Å². The molecule has 41 heavy (non-hydrogen) atoms. The molecule has 2 amide bonds. The standard InChI is InChI=1S/C33H54N2O6/c1-11-15-19-40-29(39)25-24-27(37)35(23(20-36)22(5)13-3)26(33(24)17-16-32(25,14-4)41-33)28(38)34(18-12-2)31(9,10)21-30(6,7)8/h11-12,22-26,36H,1-2,13-21H2,3-10H3/t22-,23-,24-,25-,26?,32+,33?/m0/s1. The number of carbonyl (C=O) groups is 3. The van der Waals surface area contributed by atoms with Gasteiger partial charge in [0, 0.05) is 12.1 Å². The topological polar surface area (TPSA) is 96.4 Å². The highest BCUT2D eigenvalue weighted by Crippen LogP contribution is 2.65. The summed E-state index contributed by atoms with van der Waals surface area (Å²) in [6.07, 6.45) is 6.93. The van der Waals surface area contributed by atoms with Crippen LogP contribution < -0.4 is 0 Å². The maximum Gasteiger partial charge on any atom is 0.312 e. The van der Waals surface area contributed by atoms with Gasteiger partial charge in [0.2, 0.25) is 11.8 Å². The number of amides is 2. The lowest BCUT2D eigenvalue weighted by molar-refractivity contribution is -0.165. The van der Waals surface area contributed by atoms with Crippen LogP contribution >= 0.6 is 0 Å². The van der Waals surface area contributed by atoms with Crippen molar-refractivity contribution in [2.75, 3.05) is 19.8 Å². The third-order valence-corrected chi connectivity index (χ3v) is 9.79. The first-order valence-corrected chi connectivity index (χ1v) is 15.4. The van der Waals surface area contributed by atoms with Crippen molar-refractivity contribution >= 4 is 17.8 Å². The summed E-state index contributed by atoms with van der Waals surface area (Å²) in [5, 5.41) is 10.6. The Labute approximate surface area is 247 Å². The second-order valence-electron chi connectivity index (χ2n) is 14.2. The molecule has 2 unspecified atom stereocenters. The van der Waals surface area contributed by atoms with E-state index in [1.165, 1.54) is 0 Å². The van der Waals surface area contributed by atoms with Gasteiger partial charge < -0.3 is 24.4 Å². The molecule has 0 radical (unpaired) electrons. The summed E-state index contributed by atoms with van der Waals surface area (Å²) in [4.78, 5) is 46.6. The maximum absolute atomic E-state index is 15.0. The van der Waals surface area contributed by atoms with Gasteiger partial charge in [0.15, 0.2) is 0 Å². The van der Waals surface area contributed by atoms with E-state index >= 15 is 0 Å². The highest BCUT2D eigenvalue weighted by Gasteiger charge is 2.80. The predicted molar refractivity (Wildman–Crippen MR) is 160 cm³/mol. The number of rotatable bonds is 14. The van der Waals surface area contributed by atoms with Crippen LogP contribution in [0.1, 0.15) is 93.9 Å². The van der Waals surface area contributed by atoms with Crippen molar-refractivity contribution < 1.29 is 29.0 Å². The third kappa shape index (κ3) is 5.75. The van der Waals surface area contributed by atoms with Gasteiger partial charge in [0.1, 0.15) is 17.6 Å². The van der Waals surface area contributed by atoms with Gasteiger partial charge in [-0.25, -0.2) is 0 Å². The van der Waals surface area contributed by atoms with Gasteiger partial charge in [-0.05, 0) is 57.3 Å². The molecule has 3 fully saturated rings. The third-order valence-electron chi connectivity index (χ3n) is 9.79. The molecule has 3 aliphatic rings. The van der Waals surface area contributed by atoms with Crippen LogP contribution in [0.4, 0.5) is 0 Å². The van der Waals surface area contributed by atoms with E-state index in [1.807, 2.05) is 39.5 Å². The van der Waals surface area contributed by atoms with E-state index in [0.29, 0.717) is 38.6 Å². The molecular weight excluding hydrogens is 520 g/mol. The highest BCUT2D eigenvalue weighted by molar-refractivity contribution is 5.99. The molecule has 2 bridgehead atoms. The molecule has 7 atom stereocenters. The second-order valence-corrected chi connectivity index (χ2v) is 14.2. The van der Waals surface area contributed by atoms with Gasteiger partial charge >= 0.3 is 5.97 Å². The van der Waals surface area contributed by atoms with Gasteiger partial charge in [0.25, 0.3) is 0 Å². The Hall–Kier alpha value is -2.19. The minimum Gasteiger partial charge on any atom is -0.465 e. The Morgan fingerprint density at radius 3 is 2.37 bits per heavy atom. The van der Waals surface area contributed by atoms with Gasteiger partial charge in [-0.2, -0.15) is 0 Å². The molecule has 3 saturated heterocycles.